The molecule has 4 nitrogen and oxygen atoms in total. The lowest BCUT2D eigenvalue weighted by atomic mass is 10.1. The van der Waals surface area contributed by atoms with Gasteiger partial charge in [-0.3, -0.25) is 4.79 Å². The maximum atomic E-state index is 11.7. The van der Waals surface area contributed by atoms with E-state index in [0.717, 1.165) is 6.42 Å². The van der Waals surface area contributed by atoms with E-state index in [9.17, 15) is 23.1 Å². The first-order valence-corrected chi connectivity index (χ1v) is 5.49. The van der Waals surface area contributed by atoms with Crippen molar-refractivity contribution < 1.29 is 27.8 Å². The van der Waals surface area contributed by atoms with Crippen molar-refractivity contribution in [2.45, 2.75) is 31.5 Å². The molecule has 1 fully saturated rings. The summed E-state index contributed by atoms with van der Waals surface area (Å²) in [5.41, 5.74) is 0. The molecule has 0 aromatic heterocycles. The molecular weight excluding hydrogens is 239 g/mol. The van der Waals surface area contributed by atoms with Gasteiger partial charge < -0.3 is 14.7 Å². The van der Waals surface area contributed by atoms with Crippen LogP contribution in [0.4, 0.5) is 13.2 Å². The van der Waals surface area contributed by atoms with Crippen molar-refractivity contribution in [3.63, 3.8) is 0 Å². The van der Waals surface area contributed by atoms with E-state index in [1.54, 1.807) is 0 Å². The van der Waals surface area contributed by atoms with E-state index in [-0.39, 0.29) is 25.5 Å². The van der Waals surface area contributed by atoms with Crippen LogP contribution in [0.1, 0.15) is 19.3 Å². The molecule has 1 atom stereocenters. The Hall–Kier alpha value is -0.820. The number of alkyl halides is 3. The number of ether oxygens (including phenoxy) is 1. The van der Waals surface area contributed by atoms with Gasteiger partial charge in [0.25, 0.3) is 0 Å². The molecule has 0 aromatic carbocycles. The fourth-order valence-electron chi connectivity index (χ4n) is 1.69. The normalized spacial score (nSPS) is 21.6. The summed E-state index contributed by atoms with van der Waals surface area (Å²) in [4.78, 5) is 13.0. The van der Waals surface area contributed by atoms with Gasteiger partial charge in [0.05, 0.1) is 19.1 Å². The Bertz CT molecular complexity index is 258. The minimum atomic E-state index is -4.36. The van der Waals surface area contributed by atoms with Crippen LogP contribution >= 0.6 is 0 Å². The van der Waals surface area contributed by atoms with E-state index in [1.165, 1.54) is 4.90 Å². The average Bonchev–Trinajstić information content (AvgIpc) is 2.23. The first-order chi connectivity index (χ1) is 7.88. The van der Waals surface area contributed by atoms with Crippen LogP contribution in [0.3, 0.4) is 0 Å². The Labute approximate surface area is 97.3 Å². The van der Waals surface area contributed by atoms with Gasteiger partial charge in [-0.2, -0.15) is 13.2 Å². The predicted molar refractivity (Wildman–Crippen MR) is 53.3 cm³/mol. The minimum Gasteiger partial charge on any atom is -0.391 e. The van der Waals surface area contributed by atoms with Crippen LogP contribution in [0.25, 0.3) is 0 Å². The lowest BCUT2D eigenvalue weighted by molar-refractivity contribution is -0.175. The van der Waals surface area contributed by atoms with Gasteiger partial charge in [-0.1, -0.05) is 0 Å². The topological polar surface area (TPSA) is 49.8 Å². The number of hydrogen-bond donors (Lipinski definition) is 1. The molecule has 1 aliphatic rings. The molecular formula is C10H16F3NO3. The first kappa shape index (κ1) is 14.2. The summed E-state index contributed by atoms with van der Waals surface area (Å²) in [6, 6.07) is 0. The van der Waals surface area contributed by atoms with E-state index in [2.05, 4.69) is 4.74 Å². The first-order valence-electron chi connectivity index (χ1n) is 5.49. The number of nitrogens with zero attached hydrogens (tertiary/aromatic N) is 1. The molecule has 0 aromatic rings. The molecule has 0 bridgehead atoms. The number of halogens is 3. The molecule has 100 valence electrons. The van der Waals surface area contributed by atoms with E-state index in [4.69, 9.17) is 0 Å². The number of rotatable bonds is 4. The minimum absolute atomic E-state index is 0.0806. The maximum absolute atomic E-state index is 11.7. The average molecular weight is 255 g/mol. The maximum Gasteiger partial charge on any atom is 0.411 e. The highest BCUT2D eigenvalue weighted by atomic mass is 19.4. The fourth-order valence-corrected chi connectivity index (χ4v) is 1.69. The second-order valence-corrected chi connectivity index (χ2v) is 4.05. The molecule has 0 aliphatic carbocycles. The lowest BCUT2D eigenvalue weighted by Crippen LogP contribution is -2.42. The summed E-state index contributed by atoms with van der Waals surface area (Å²) in [5.74, 6) is -0.272. The van der Waals surface area contributed by atoms with Crippen LogP contribution in [0.5, 0.6) is 0 Å². The largest absolute Gasteiger partial charge is 0.411 e. The zero-order chi connectivity index (χ0) is 12.9. The summed E-state index contributed by atoms with van der Waals surface area (Å²) in [6.07, 6.45) is -3.58. The number of hydrogen-bond acceptors (Lipinski definition) is 3. The van der Waals surface area contributed by atoms with E-state index in [1.807, 2.05) is 0 Å². The molecule has 0 unspecified atom stereocenters. The van der Waals surface area contributed by atoms with Gasteiger partial charge in [-0.05, 0) is 12.8 Å². The fraction of sp³-hybridized carbons (Fsp3) is 0.900. The van der Waals surface area contributed by atoms with Crippen molar-refractivity contribution in [2.75, 3.05) is 26.3 Å². The standard InChI is InChI=1S/C10H16F3NO3/c11-10(12,13)7-17-5-3-9(16)14-4-1-2-8(15)6-14/h8,15H,1-7H2/t8-/m0/s1. The number of aliphatic hydroxyl groups excluding tert-OH is 1. The Morgan fingerprint density at radius 3 is 2.76 bits per heavy atom. The second-order valence-electron chi connectivity index (χ2n) is 4.05. The van der Waals surface area contributed by atoms with E-state index >= 15 is 0 Å². The smallest absolute Gasteiger partial charge is 0.391 e. The molecule has 0 spiro atoms. The summed E-state index contributed by atoms with van der Waals surface area (Å²) < 4.78 is 39.5. The Kier molecular flexibility index (Phi) is 5.20. The molecule has 1 heterocycles. The van der Waals surface area contributed by atoms with Gasteiger partial charge in [0.1, 0.15) is 6.61 Å². The molecule has 7 heteroatoms. The van der Waals surface area contributed by atoms with Crippen LogP contribution < -0.4 is 0 Å². The highest BCUT2D eigenvalue weighted by Gasteiger charge is 2.27. The van der Waals surface area contributed by atoms with E-state index in [0.29, 0.717) is 13.0 Å². The summed E-state index contributed by atoms with van der Waals surface area (Å²) in [6.45, 7) is -0.763. The van der Waals surface area contributed by atoms with Crippen LogP contribution in [0.15, 0.2) is 0 Å². The molecule has 1 amide bonds. The molecule has 1 N–H and O–H groups in total. The van der Waals surface area contributed by atoms with Gasteiger partial charge in [0.2, 0.25) is 5.91 Å². The van der Waals surface area contributed by atoms with Gasteiger partial charge in [-0.15, -0.1) is 0 Å². The van der Waals surface area contributed by atoms with Crippen molar-refractivity contribution in [3.8, 4) is 0 Å². The SMILES string of the molecule is O=C(CCOCC(F)(F)F)N1CCC[C@H](O)C1. The number of carbonyl (C=O) groups excluding carboxylic acids is 1. The lowest BCUT2D eigenvalue weighted by Gasteiger charge is -2.30. The van der Waals surface area contributed by atoms with Crippen molar-refractivity contribution in [2.24, 2.45) is 0 Å². The number of piperidine rings is 1. The number of amides is 1. The third kappa shape index (κ3) is 5.88. The van der Waals surface area contributed by atoms with Crippen molar-refractivity contribution in [1.29, 1.82) is 0 Å². The van der Waals surface area contributed by atoms with E-state index < -0.39 is 18.9 Å². The Morgan fingerprint density at radius 1 is 1.47 bits per heavy atom. The highest BCUT2D eigenvalue weighted by Crippen LogP contribution is 2.15. The van der Waals surface area contributed by atoms with Gasteiger partial charge in [-0.25, -0.2) is 0 Å². The number of β-amino-alcohol motifs (C(OH)–C–C–N with tert-alkyl or cyclic N) is 1. The molecule has 17 heavy (non-hydrogen) atoms. The number of likely N-dealkylation sites (tertiary alicyclic amines) is 1. The van der Waals surface area contributed by atoms with Gasteiger partial charge in [0, 0.05) is 13.1 Å². The summed E-state index contributed by atoms with van der Waals surface area (Å²) >= 11 is 0. The highest BCUT2D eigenvalue weighted by molar-refractivity contribution is 5.76. The quantitative estimate of drug-likeness (QED) is 0.760. The van der Waals surface area contributed by atoms with Crippen molar-refractivity contribution in [3.05, 3.63) is 0 Å². The van der Waals surface area contributed by atoms with Crippen LogP contribution in [0.2, 0.25) is 0 Å². The van der Waals surface area contributed by atoms with Crippen LogP contribution in [-0.2, 0) is 9.53 Å². The van der Waals surface area contributed by atoms with Crippen LogP contribution in [-0.4, -0.2) is 54.5 Å². The molecule has 1 aliphatic heterocycles. The molecule has 0 radical (unpaired) electrons. The zero-order valence-electron chi connectivity index (χ0n) is 9.37. The predicted octanol–water partition coefficient (Wildman–Crippen LogP) is 0.939. The van der Waals surface area contributed by atoms with Crippen LogP contribution in [0, 0.1) is 0 Å². The molecule has 1 rings (SSSR count). The zero-order valence-corrected chi connectivity index (χ0v) is 9.37. The van der Waals surface area contributed by atoms with Crippen molar-refractivity contribution >= 4 is 5.91 Å². The monoisotopic (exact) mass is 255 g/mol. The second kappa shape index (κ2) is 6.20. The van der Waals surface area contributed by atoms with Crippen molar-refractivity contribution in [1.82, 2.24) is 4.90 Å². The summed E-state index contributed by atoms with van der Waals surface area (Å²) in [5, 5.41) is 9.33. The molecule has 0 saturated carbocycles. The Morgan fingerprint density at radius 2 is 2.18 bits per heavy atom. The number of aliphatic hydroxyl groups is 1. The van der Waals surface area contributed by atoms with Gasteiger partial charge in [0.15, 0.2) is 0 Å². The summed E-state index contributed by atoms with van der Waals surface area (Å²) in [7, 11) is 0. The van der Waals surface area contributed by atoms with Gasteiger partial charge >= 0.3 is 6.18 Å². The third-order valence-electron chi connectivity index (χ3n) is 2.48. The Balaban J connectivity index is 2.16. The molecule has 1 saturated heterocycles. The third-order valence-corrected chi connectivity index (χ3v) is 2.48. The number of carbonyl (C=O) groups is 1.